The van der Waals surface area contributed by atoms with E-state index in [-0.39, 0.29) is 18.2 Å². The Morgan fingerprint density at radius 3 is 3.08 bits per heavy atom. The number of hydrogen-bond donors (Lipinski definition) is 2. The molecule has 0 fully saturated rings. The van der Waals surface area contributed by atoms with E-state index in [1.807, 2.05) is 28.9 Å². The van der Waals surface area contributed by atoms with E-state index in [1.54, 1.807) is 18.1 Å². The van der Waals surface area contributed by atoms with Crippen molar-refractivity contribution in [2.45, 2.75) is 25.3 Å². The molecule has 0 aliphatic carbocycles. The Hall–Kier alpha value is -2.83. The van der Waals surface area contributed by atoms with Gasteiger partial charge in [-0.15, -0.1) is 0 Å². The Kier molecular flexibility index (Phi) is 3.48. The van der Waals surface area contributed by atoms with Crippen LogP contribution in [-0.2, 0) is 16.1 Å². The van der Waals surface area contributed by atoms with Crippen molar-refractivity contribution in [3.63, 3.8) is 0 Å². The summed E-state index contributed by atoms with van der Waals surface area (Å²) in [4.78, 5) is 26.7. The topological polar surface area (TPSA) is 79.3 Å². The van der Waals surface area contributed by atoms with Gasteiger partial charge in [0.1, 0.15) is 11.5 Å². The predicted octanol–water partition coefficient (Wildman–Crippen LogP) is 1.79. The van der Waals surface area contributed by atoms with Gasteiger partial charge in [-0.1, -0.05) is 18.2 Å². The number of anilines is 3. The van der Waals surface area contributed by atoms with Gasteiger partial charge in [0.05, 0.1) is 12.1 Å². The molecule has 0 bridgehead atoms. The van der Waals surface area contributed by atoms with E-state index in [4.69, 9.17) is 0 Å². The number of carbonyl (C=O) groups excluding carboxylic acids is 2. The zero-order valence-corrected chi connectivity index (χ0v) is 13.5. The van der Waals surface area contributed by atoms with Crippen LogP contribution in [0.5, 0.6) is 0 Å². The Morgan fingerprint density at radius 1 is 1.38 bits per heavy atom. The van der Waals surface area contributed by atoms with Crippen molar-refractivity contribution in [1.29, 1.82) is 0 Å². The van der Waals surface area contributed by atoms with Gasteiger partial charge in [0.2, 0.25) is 11.8 Å². The standard InChI is InChI=1S/C17H19N5O2/c1-21-14-6-3-2-5-11(14)12(9-15(21)23)17(24)20-13-10-19-22-8-4-7-18-16(13)22/h2-3,5-6,10,12,18H,4,7-9H2,1H3,(H,20,24). The number of nitrogens with zero attached hydrogens (tertiary/aromatic N) is 3. The summed E-state index contributed by atoms with van der Waals surface area (Å²) in [6.07, 6.45) is 2.85. The van der Waals surface area contributed by atoms with Gasteiger partial charge in [-0.25, -0.2) is 4.68 Å². The van der Waals surface area contributed by atoms with Crippen LogP contribution >= 0.6 is 0 Å². The summed E-state index contributed by atoms with van der Waals surface area (Å²) in [5, 5.41) is 10.5. The van der Waals surface area contributed by atoms with Gasteiger partial charge in [-0.05, 0) is 18.1 Å². The number of rotatable bonds is 2. The van der Waals surface area contributed by atoms with E-state index in [0.717, 1.165) is 36.6 Å². The smallest absolute Gasteiger partial charge is 0.232 e. The molecule has 1 atom stereocenters. The molecule has 0 radical (unpaired) electrons. The molecule has 4 rings (SSSR count). The van der Waals surface area contributed by atoms with Crippen molar-refractivity contribution >= 4 is 29.0 Å². The maximum Gasteiger partial charge on any atom is 0.232 e. The third-order valence-electron chi connectivity index (χ3n) is 4.68. The van der Waals surface area contributed by atoms with Crippen LogP contribution in [0.15, 0.2) is 30.5 Å². The van der Waals surface area contributed by atoms with Gasteiger partial charge in [0.15, 0.2) is 0 Å². The average Bonchev–Trinajstić information content (AvgIpc) is 3.01. The average molecular weight is 325 g/mol. The predicted molar refractivity (Wildman–Crippen MR) is 91.2 cm³/mol. The molecule has 7 heteroatoms. The summed E-state index contributed by atoms with van der Waals surface area (Å²) in [7, 11) is 1.74. The first-order valence-electron chi connectivity index (χ1n) is 8.11. The third-order valence-corrected chi connectivity index (χ3v) is 4.68. The second kappa shape index (κ2) is 5.67. The largest absolute Gasteiger partial charge is 0.368 e. The number of carbonyl (C=O) groups is 2. The minimum atomic E-state index is -0.482. The highest BCUT2D eigenvalue weighted by molar-refractivity contribution is 6.06. The van der Waals surface area contributed by atoms with Crippen molar-refractivity contribution in [2.24, 2.45) is 0 Å². The maximum absolute atomic E-state index is 12.8. The number of aromatic nitrogens is 2. The van der Waals surface area contributed by atoms with Crippen LogP contribution in [0.1, 0.15) is 24.3 Å². The third kappa shape index (κ3) is 2.33. The normalized spacial score (nSPS) is 19.3. The lowest BCUT2D eigenvalue weighted by molar-refractivity contribution is -0.124. The van der Waals surface area contributed by atoms with Gasteiger partial charge in [-0.2, -0.15) is 5.10 Å². The SMILES string of the molecule is CN1C(=O)CC(C(=O)Nc2cnn3c2NCCC3)c2ccccc21. The summed E-state index contributed by atoms with van der Waals surface area (Å²) >= 11 is 0. The molecule has 1 aromatic carbocycles. The second-order valence-corrected chi connectivity index (χ2v) is 6.17. The van der Waals surface area contributed by atoms with Gasteiger partial charge in [-0.3, -0.25) is 9.59 Å². The van der Waals surface area contributed by atoms with E-state index >= 15 is 0 Å². The molecule has 1 unspecified atom stereocenters. The van der Waals surface area contributed by atoms with Crippen molar-refractivity contribution < 1.29 is 9.59 Å². The minimum absolute atomic E-state index is 0.0518. The fraction of sp³-hybridized carbons (Fsp3) is 0.353. The Labute approximate surface area is 139 Å². The van der Waals surface area contributed by atoms with Gasteiger partial charge in [0, 0.05) is 32.2 Å². The molecular formula is C17H19N5O2. The van der Waals surface area contributed by atoms with Crippen LogP contribution in [0.2, 0.25) is 0 Å². The number of hydrogen-bond acceptors (Lipinski definition) is 4. The highest BCUT2D eigenvalue weighted by Crippen LogP contribution is 2.36. The first-order chi connectivity index (χ1) is 11.6. The molecule has 2 aromatic rings. The highest BCUT2D eigenvalue weighted by Gasteiger charge is 2.34. The number of amides is 2. The summed E-state index contributed by atoms with van der Waals surface area (Å²) < 4.78 is 1.85. The number of nitrogens with one attached hydrogen (secondary N) is 2. The van der Waals surface area contributed by atoms with Gasteiger partial charge >= 0.3 is 0 Å². The molecule has 0 saturated carbocycles. The molecule has 3 heterocycles. The molecular weight excluding hydrogens is 306 g/mol. The van der Waals surface area contributed by atoms with E-state index in [1.165, 1.54) is 0 Å². The fourth-order valence-electron chi connectivity index (χ4n) is 3.37. The van der Waals surface area contributed by atoms with Crippen molar-refractivity contribution in [3.05, 3.63) is 36.0 Å². The maximum atomic E-state index is 12.8. The van der Waals surface area contributed by atoms with E-state index < -0.39 is 5.92 Å². The molecule has 7 nitrogen and oxygen atoms in total. The minimum Gasteiger partial charge on any atom is -0.368 e. The van der Waals surface area contributed by atoms with Gasteiger partial charge in [0.25, 0.3) is 0 Å². The zero-order valence-electron chi connectivity index (χ0n) is 13.5. The van der Waals surface area contributed by atoms with E-state index in [9.17, 15) is 9.59 Å². The number of benzene rings is 1. The molecule has 1 aromatic heterocycles. The molecule has 24 heavy (non-hydrogen) atoms. The summed E-state index contributed by atoms with van der Waals surface area (Å²) in [5.41, 5.74) is 2.35. The van der Waals surface area contributed by atoms with Crippen molar-refractivity contribution in [2.75, 3.05) is 29.1 Å². The summed E-state index contributed by atoms with van der Waals surface area (Å²) in [6.45, 7) is 1.71. The van der Waals surface area contributed by atoms with Crippen LogP contribution in [0.25, 0.3) is 0 Å². The Balaban J connectivity index is 1.62. The van der Waals surface area contributed by atoms with Crippen LogP contribution < -0.4 is 15.5 Å². The van der Waals surface area contributed by atoms with Crippen molar-refractivity contribution in [3.8, 4) is 0 Å². The van der Waals surface area contributed by atoms with Crippen LogP contribution in [0.4, 0.5) is 17.2 Å². The first kappa shape index (κ1) is 14.7. The molecule has 2 N–H and O–H groups in total. The lowest BCUT2D eigenvalue weighted by Gasteiger charge is -2.30. The summed E-state index contributed by atoms with van der Waals surface area (Å²) in [6, 6.07) is 7.55. The lowest BCUT2D eigenvalue weighted by atomic mass is 9.89. The molecule has 2 amide bonds. The van der Waals surface area contributed by atoms with Crippen LogP contribution in [0, 0.1) is 0 Å². The zero-order chi connectivity index (χ0) is 16.7. The van der Waals surface area contributed by atoms with Crippen LogP contribution in [-0.4, -0.2) is 35.2 Å². The molecule has 2 aliphatic rings. The number of aryl methyl sites for hydroxylation is 1. The van der Waals surface area contributed by atoms with Crippen molar-refractivity contribution in [1.82, 2.24) is 9.78 Å². The number of fused-ring (bicyclic) bond motifs is 2. The Morgan fingerprint density at radius 2 is 2.21 bits per heavy atom. The summed E-state index contributed by atoms with van der Waals surface area (Å²) in [5.74, 6) is 0.127. The molecule has 0 spiro atoms. The fourth-order valence-corrected chi connectivity index (χ4v) is 3.37. The second-order valence-electron chi connectivity index (χ2n) is 6.17. The van der Waals surface area contributed by atoms with E-state index in [0.29, 0.717) is 5.69 Å². The lowest BCUT2D eigenvalue weighted by Crippen LogP contribution is -2.37. The van der Waals surface area contributed by atoms with E-state index in [2.05, 4.69) is 15.7 Å². The van der Waals surface area contributed by atoms with Crippen LogP contribution in [0.3, 0.4) is 0 Å². The monoisotopic (exact) mass is 325 g/mol. The molecule has 2 aliphatic heterocycles. The molecule has 124 valence electrons. The quantitative estimate of drug-likeness (QED) is 0.882. The number of para-hydroxylation sites is 1. The Bertz CT molecular complexity index is 813. The highest BCUT2D eigenvalue weighted by atomic mass is 16.2. The van der Waals surface area contributed by atoms with Gasteiger partial charge < -0.3 is 15.5 Å². The first-order valence-corrected chi connectivity index (χ1v) is 8.11. The molecule has 0 saturated heterocycles.